The van der Waals surface area contributed by atoms with E-state index in [4.69, 9.17) is 15.2 Å². The molecule has 0 aromatic rings. The number of ether oxygens (including phenoxy) is 2. The Morgan fingerprint density at radius 1 is 1.47 bits per heavy atom. The number of fused-ring (bicyclic) bond motifs is 1. The van der Waals surface area contributed by atoms with E-state index in [0.717, 1.165) is 39.1 Å². The van der Waals surface area contributed by atoms with Crippen LogP contribution in [0, 0.1) is 0 Å². The summed E-state index contributed by atoms with van der Waals surface area (Å²) in [7, 11) is 1.75. The zero-order valence-corrected chi connectivity index (χ0v) is 10.9. The first kappa shape index (κ1) is 13.3. The molecule has 2 fully saturated rings. The average Bonchev–Trinajstić information content (AvgIpc) is 2.78. The molecular formula is C13H26N2O2. The van der Waals surface area contributed by atoms with Crippen molar-refractivity contribution >= 4 is 0 Å². The normalized spacial score (nSPS) is 31.4. The minimum Gasteiger partial charge on any atom is -0.385 e. The van der Waals surface area contributed by atoms with Gasteiger partial charge in [0.15, 0.2) is 0 Å². The fourth-order valence-electron chi connectivity index (χ4n) is 3.11. The number of morpholine rings is 1. The van der Waals surface area contributed by atoms with Gasteiger partial charge in [0.2, 0.25) is 0 Å². The van der Waals surface area contributed by atoms with Crippen LogP contribution in [0.2, 0.25) is 0 Å². The Kier molecular flexibility index (Phi) is 5.22. The van der Waals surface area contributed by atoms with Gasteiger partial charge >= 0.3 is 0 Å². The number of nitrogens with two attached hydrogens (primary N) is 1. The van der Waals surface area contributed by atoms with Crippen LogP contribution < -0.4 is 5.73 Å². The van der Waals surface area contributed by atoms with Gasteiger partial charge in [-0.15, -0.1) is 0 Å². The molecule has 3 atom stereocenters. The smallest absolute Gasteiger partial charge is 0.0730 e. The van der Waals surface area contributed by atoms with Gasteiger partial charge in [-0.3, -0.25) is 4.90 Å². The lowest BCUT2D eigenvalue weighted by Gasteiger charge is -2.38. The summed E-state index contributed by atoms with van der Waals surface area (Å²) in [6.07, 6.45) is 6.44. The van der Waals surface area contributed by atoms with Crippen molar-refractivity contribution in [2.24, 2.45) is 5.73 Å². The van der Waals surface area contributed by atoms with Crippen molar-refractivity contribution in [2.45, 2.75) is 50.3 Å². The summed E-state index contributed by atoms with van der Waals surface area (Å²) in [6, 6.07) is 0.918. The van der Waals surface area contributed by atoms with Gasteiger partial charge < -0.3 is 15.2 Å². The molecule has 2 rings (SSSR count). The maximum atomic E-state index is 6.19. The van der Waals surface area contributed by atoms with Crippen molar-refractivity contribution in [3.63, 3.8) is 0 Å². The Morgan fingerprint density at radius 2 is 2.35 bits per heavy atom. The van der Waals surface area contributed by atoms with Crippen LogP contribution in [0.4, 0.5) is 0 Å². The van der Waals surface area contributed by atoms with Crippen LogP contribution in [0.15, 0.2) is 0 Å². The molecule has 1 saturated heterocycles. The minimum atomic E-state index is 0.282. The first-order chi connectivity index (χ1) is 8.31. The van der Waals surface area contributed by atoms with E-state index in [-0.39, 0.29) is 6.04 Å². The molecule has 1 saturated carbocycles. The van der Waals surface area contributed by atoms with Crippen LogP contribution in [0.25, 0.3) is 0 Å². The Bertz CT molecular complexity index is 225. The van der Waals surface area contributed by atoms with E-state index in [1.165, 1.54) is 19.3 Å². The molecule has 2 aliphatic rings. The zero-order chi connectivity index (χ0) is 12.1. The van der Waals surface area contributed by atoms with Crippen molar-refractivity contribution in [3.8, 4) is 0 Å². The largest absolute Gasteiger partial charge is 0.385 e. The highest BCUT2D eigenvalue weighted by molar-refractivity contribution is 4.90. The van der Waals surface area contributed by atoms with Crippen LogP contribution in [-0.2, 0) is 9.47 Å². The van der Waals surface area contributed by atoms with Crippen LogP contribution in [-0.4, -0.2) is 56.5 Å². The first-order valence-electron chi connectivity index (χ1n) is 6.91. The summed E-state index contributed by atoms with van der Waals surface area (Å²) >= 11 is 0. The Morgan fingerprint density at radius 3 is 3.18 bits per heavy atom. The summed E-state index contributed by atoms with van der Waals surface area (Å²) in [4.78, 5) is 2.55. The molecular weight excluding hydrogens is 216 g/mol. The first-order valence-corrected chi connectivity index (χ1v) is 6.91. The fourth-order valence-corrected chi connectivity index (χ4v) is 3.11. The van der Waals surface area contributed by atoms with Crippen molar-refractivity contribution < 1.29 is 9.47 Å². The van der Waals surface area contributed by atoms with E-state index in [1.54, 1.807) is 7.11 Å². The second-order valence-electron chi connectivity index (χ2n) is 5.30. The second kappa shape index (κ2) is 6.69. The third-order valence-electron chi connectivity index (χ3n) is 3.99. The zero-order valence-electron chi connectivity index (χ0n) is 10.9. The van der Waals surface area contributed by atoms with Crippen LogP contribution in [0.5, 0.6) is 0 Å². The predicted molar refractivity (Wildman–Crippen MR) is 68.0 cm³/mol. The van der Waals surface area contributed by atoms with Crippen molar-refractivity contribution in [2.75, 3.05) is 33.4 Å². The highest BCUT2D eigenvalue weighted by Crippen LogP contribution is 2.29. The van der Waals surface area contributed by atoms with Gasteiger partial charge in [0, 0.05) is 38.9 Å². The third kappa shape index (κ3) is 3.65. The average molecular weight is 242 g/mol. The van der Waals surface area contributed by atoms with Crippen LogP contribution >= 0.6 is 0 Å². The van der Waals surface area contributed by atoms with Crippen LogP contribution in [0.3, 0.4) is 0 Å². The molecule has 0 aromatic carbocycles. The number of rotatable bonds is 6. The van der Waals surface area contributed by atoms with Gasteiger partial charge in [-0.2, -0.15) is 0 Å². The fraction of sp³-hybridized carbons (Fsp3) is 1.00. The highest BCUT2D eigenvalue weighted by Gasteiger charge is 2.36. The van der Waals surface area contributed by atoms with E-state index < -0.39 is 0 Å². The standard InChI is InChI=1S/C13H26N2O2/c1-16-8-3-4-11(14)10-15-7-9-17-13-6-2-5-12(13)15/h11-13H,2-10,14H2,1H3. The van der Waals surface area contributed by atoms with E-state index in [1.807, 2.05) is 0 Å². The lowest BCUT2D eigenvalue weighted by molar-refractivity contribution is -0.0573. The quantitative estimate of drug-likeness (QED) is 0.706. The summed E-state index contributed by atoms with van der Waals surface area (Å²) in [6.45, 7) is 3.78. The Labute approximate surface area is 104 Å². The molecule has 2 N–H and O–H groups in total. The lowest BCUT2D eigenvalue weighted by Crippen LogP contribution is -2.52. The molecule has 4 heteroatoms. The lowest BCUT2D eigenvalue weighted by atomic mass is 10.1. The van der Waals surface area contributed by atoms with E-state index in [0.29, 0.717) is 12.1 Å². The van der Waals surface area contributed by atoms with Gasteiger partial charge in [0.25, 0.3) is 0 Å². The van der Waals surface area contributed by atoms with Gasteiger partial charge in [-0.25, -0.2) is 0 Å². The van der Waals surface area contributed by atoms with Gasteiger partial charge in [-0.05, 0) is 32.1 Å². The molecule has 0 amide bonds. The molecule has 100 valence electrons. The molecule has 1 aliphatic heterocycles. The van der Waals surface area contributed by atoms with Crippen molar-refractivity contribution in [1.29, 1.82) is 0 Å². The van der Waals surface area contributed by atoms with Gasteiger partial charge in [-0.1, -0.05) is 0 Å². The molecule has 17 heavy (non-hydrogen) atoms. The molecule has 3 unspecified atom stereocenters. The topological polar surface area (TPSA) is 47.7 Å². The minimum absolute atomic E-state index is 0.282. The van der Waals surface area contributed by atoms with E-state index in [2.05, 4.69) is 4.90 Å². The highest BCUT2D eigenvalue weighted by atomic mass is 16.5. The number of nitrogens with zero attached hydrogens (tertiary/aromatic N) is 1. The maximum absolute atomic E-state index is 6.19. The molecule has 0 bridgehead atoms. The number of hydrogen-bond donors (Lipinski definition) is 1. The summed E-state index contributed by atoms with van der Waals surface area (Å²) in [5.41, 5.74) is 6.19. The molecule has 1 heterocycles. The van der Waals surface area contributed by atoms with Crippen LogP contribution in [0.1, 0.15) is 32.1 Å². The number of methoxy groups -OCH3 is 1. The van der Waals surface area contributed by atoms with Crippen molar-refractivity contribution in [1.82, 2.24) is 4.90 Å². The predicted octanol–water partition coefficient (Wildman–Crippen LogP) is 0.994. The number of hydrogen-bond acceptors (Lipinski definition) is 4. The maximum Gasteiger partial charge on any atom is 0.0730 e. The summed E-state index contributed by atoms with van der Waals surface area (Å²) in [5, 5.41) is 0. The third-order valence-corrected chi connectivity index (χ3v) is 3.99. The molecule has 0 aromatic heterocycles. The molecule has 0 spiro atoms. The SMILES string of the molecule is COCCCC(N)CN1CCOC2CCCC21. The molecule has 1 aliphatic carbocycles. The Hall–Kier alpha value is -0.160. The summed E-state index contributed by atoms with van der Waals surface area (Å²) < 4.78 is 10.9. The summed E-state index contributed by atoms with van der Waals surface area (Å²) in [5.74, 6) is 0. The van der Waals surface area contributed by atoms with E-state index >= 15 is 0 Å². The van der Waals surface area contributed by atoms with Gasteiger partial charge in [0.05, 0.1) is 12.7 Å². The molecule has 0 radical (unpaired) electrons. The Balaban J connectivity index is 1.73. The molecule has 4 nitrogen and oxygen atoms in total. The second-order valence-corrected chi connectivity index (χ2v) is 5.30. The van der Waals surface area contributed by atoms with Crippen molar-refractivity contribution in [3.05, 3.63) is 0 Å². The monoisotopic (exact) mass is 242 g/mol. The van der Waals surface area contributed by atoms with E-state index in [9.17, 15) is 0 Å². The van der Waals surface area contributed by atoms with Gasteiger partial charge in [0.1, 0.15) is 0 Å².